The van der Waals surface area contributed by atoms with Crippen LogP contribution >= 0.6 is 11.6 Å². The van der Waals surface area contributed by atoms with Gasteiger partial charge >= 0.3 is 0 Å². The Bertz CT molecular complexity index is 495. The van der Waals surface area contributed by atoms with Gasteiger partial charge in [0.2, 0.25) is 11.8 Å². The average Bonchev–Trinajstić information content (AvgIpc) is 2.28. The molecule has 1 aromatic carbocycles. The summed E-state index contributed by atoms with van der Waals surface area (Å²) in [4.78, 5) is 22.8. The monoisotopic (exact) mass is 283 g/mol. The third-order valence-electron chi connectivity index (χ3n) is 2.52. The summed E-state index contributed by atoms with van der Waals surface area (Å²) in [7, 11) is 0. The highest BCUT2D eigenvalue weighted by molar-refractivity contribution is 6.33. The van der Waals surface area contributed by atoms with Gasteiger partial charge in [0.25, 0.3) is 0 Å². The van der Waals surface area contributed by atoms with Crippen molar-refractivity contribution in [1.82, 2.24) is 0 Å². The molecule has 0 aliphatic heterocycles. The van der Waals surface area contributed by atoms with Crippen LogP contribution in [0.15, 0.2) is 18.2 Å². The van der Waals surface area contributed by atoms with Crippen LogP contribution in [-0.2, 0) is 4.79 Å². The molecule has 0 spiro atoms. The van der Waals surface area contributed by atoms with Gasteiger partial charge in [0.15, 0.2) is 0 Å². The van der Waals surface area contributed by atoms with E-state index >= 15 is 0 Å². The van der Waals surface area contributed by atoms with Crippen LogP contribution in [0.4, 0.5) is 5.69 Å². The van der Waals surface area contributed by atoms with E-state index in [1.54, 1.807) is 0 Å². The summed E-state index contributed by atoms with van der Waals surface area (Å²) in [5, 5.41) is 3.00. The van der Waals surface area contributed by atoms with E-state index in [1.165, 1.54) is 18.2 Å². The number of carbonyl (C=O) groups is 2. The Hall–Kier alpha value is -1.59. The van der Waals surface area contributed by atoms with Gasteiger partial charge in [0, 0.05) is 17.5 Å². The van der Waals surface area contributed by atoms with Gasteiger partial charge in [0.05, 0.1) is 10.7 Å². The Balaban J connectivity index is 2.73. The van der Waals surface area contributed by atoms with E-state index in [0.29, 0.717) is 22.7 Å². The van der Waals surface area contributed by atoms with E-state index in [1.807, 2.05) is 13.8 Å². The Morgan fingerprint density at radius 3 is 2.53 bits per heavy atom. The molecule has 0 bridgehead atoms. The first kappa shape index (κ1) is 15.5. The molecule has 5 N–H and O–H groups in total. The lowest BCUT2D eigenvalue weighted by molar-refractivity contribution is -0.116. The quantitative estimate of drug-likeness (QED) is 0.769. The lowest BCUT2D eigenvalue weighted by Crippen LogP contribution is -2.33. The molecule has 19 heavy (non-hydrogen) atoms. The van der Waals surface area contributed by atoms with Crippen LogP contribution in [0.25, 0.3) is 0 Å². The second kappa shape index (κ2) is 6.04. The van der Waals surface area contributed by atoms with E-state index in [0.717, 1.165) is 0 Å². The maximum atomic E-state index is 11.8. The van der Waals surface area contributed by atoms with Gasteiger partial charge in [0.1, 0.15) is 0 Å². The third-order valence-corrected chi connectivity index (χ3v) is 2.85. The van der Waals surface area contributed by atoms with E-state index in [9.17, 15) is 9.59 Å². The number of rotatable bonds is 5. The number of primary amides is 1. The zero-order valence-corrected chi connectivity index (χ0v) is 11.8. The maximum absolute atomic E-state index is 11.8. The van der Waals surface area contributed by atoms with E-state index in [-0.39, 0.29) is 12.3 Å². The van der Waals surface area contributed by atoms with Crippen molar-refractivity contribution in [2.75, 3.05) is 5.32 Å². The van der Waals surface area contributed by atoms with Crippen molar-refractivity contribution in [3.8, 4) is 0 Å². The van der Waals surface area contributed by atoms with Gasteiger partial charge in [-0.3, -0.25) is 9.59 Å². The van der Waals surface area contributed by atoms with Gasteiger partial charge in [-0.15, -0.1) is 0 Å². The van der Waals surface area contributed by atoms with E-state index in [2.05, 4.69) is 5.32 Å². The van der Waals surface area contributed by atoms with Crippen molar-refractivity contribution >= 4 is 29.1 Å². The number of anilines is 1. The molecule has 0 saturated heterocycles. The van der Waals surface area contributed by atoms with Gasteiger partial charge in [-0.2, -0.15) is 0 Å². The average molecular weight is 284 g/mol. The number of carbonyl (C=O) groups excluding carboxylic acids is 2. The fourth-order valence-corrected chi connectivity index (χ4v) is 1.59. The van der Waals surface area contributed by atoms with E-state index in [4.69, 9.17) is 23.1 Å². The smallest absolute Gasteiger partial charge is 0.248 e. The molecule has 5 nitrogen and oxygen atoms in total. The Kier molecular flexibility index (Phi) is 4.91. The predicted octanol–water partition coefficient (Wildman–Crippen LogP) is 1.89. The molecule has 1 aromatic rings. The van der Waals surface area contributed by atoms with Crippen LogP contribution in [0.1, 0.15) is 37.0 Å². The van der Waals surface area contributed by atoms with Gasteiger partial charge < -0.3 is 16.8 Å². The number of nitrogens with two attached hydrogens (primary N) is 2. The highest BCUT2D eigenvalue weighted by atomic mass is 35.5. The normalized spacial score (nSPS) is 11.2. The lowest BCUT2D eigenvalue weighted by Gasteiger charge is -2.17. The van der Waals surface area contributed by atoms with Gasteiger partial charge in [-0.05, 0) is 38.5 Å². The highest BCUT2D eigenvalue weighted by Crippen LogP contribution is 2.23. The molecule has 0 aromatic heterocycles. The highest BCUT2D eigenvalue weighted by Gasteiger charge is 2.14. The minimum atomic E-state index is -0.574. The third kappa shape index (κ3) is 5.28. The molecule has 0 aliphatic rings. The first-order chi connectivity index (χ1) is 8.69. The number of nitrogens with one attached hydrogen (secondary N) is 1. The van der Waals surface area contributed by atoms with Crippen molar-refractivity contribution in [3.05, 3.63) is 28.8 Å². The Labute approximate surface area is 117 Å². The zero-order valence-electron chi connectivity index (χ0n) is 11.0. The number of hydrogen-bond donors (Lipinski definition) is 3. The van der Waals surface area contributed by atoms with Crippen molar-refractivity contribution in [2.24, 2.45) is 11.5 Å². The molecule has 0 aliphatic carbocycles. The van der Waals surface area contributed by atoms with Gasteiger partial charge in [-0.1, -0.05) is 11.6 Å². The van der Waals surface area contributed by atoms with Crippen molar-refractivity contribution in [1.29, 1.82) is 0 Å². The van der Waals surface area contributed by atoms with Crippen LogP contribution < -0.4 is 16.8 Å². The Morgan fingerprint density at radius 2 is 2.00 bits per heavy atom. The molecule has 2 amide bonds. The maximum Gasteiger partial charge on any atom is 0.248 e. The summed E-state index contributed by atoms with van der Waals surface area (Å²) in [6.45, 7) is 3.70. The van der Waals surface area contributed by atoms with Gasteiger partial charge in [-0.25, -0.2) is 0 Å². The molecule has 0 fully saturated rings. The summed E-state index contributed by atoms with van der Waals surface area (Å²) in [6.07, 6.45) is 0.826. The molecule has 0 saturated carbocycles. The number of hydrogen-bond acceptors (Lipinski definition) is 3. The largest absolute Gasteiger partial charge is 0.366 e. The van der Waals surface area contributed by atoms with Crippen LogP contribution in [0.5, 0.6) is 0 Å². The first-order valence-corrected chi connectivity index (χ1v) is 6.25. The summed E-state index contributed by atoms with van der Waals surface area (Å²) in [5.41, 5.74) is 11.2. The second-order valence-electron chi connectivity index (χ2n) is 5.10. The molecule has 1 rings (SSSR count). The topological polar surface area (TPSA) is 98.2 Å². The fourth-order valence-electron chi connectivity index (χ4n) is 1.42. The predicted molar refractivity (Wildman–Crippen MR) is 76.1 cm³/mol. The summed E-state index contributed by atoms with van der Waals surface area (Å²) in [6, 6.07) is 4.48. The molecular formula is C13H18ClN3O2. The van der Waals surface area contributed by atoms with Crippen molar-refractivity contribution < 1.29 is 9.59 Å². The number of amides is 2. The molecule has 0 heterocycles. The SMILES string of the molecule is CC(C)(N)CCC(=O)Nc1cc(C(N)=O)ccc1Cl. The molecule has 0 unspecified atom stereocenters. The van der Waals surface area contributed by atoms with Crippen LogP contribution in [0.2, 0.25) is 5.02 Å². The zero-order chi connectivity index (χ0) is 14.6. The van der Waals surface area contributed by atoms with E-state index < -0.39 is 11.4 Å². The van der Waals surface area contributed by atoms with Crippen LogP contribution in [0.3, 0.4) is 0 Å². The number of benzene rings is 1. The minimum Gasteiger partial charge on any atom is -0.366 e. The molecule has 0 radical (unpaired) electrons. The second-order valence-corrected chi connectivity index (χ2v) is 5.50. The first-order valence-electron chi connectivity index (χ1n) is 5.87. The lowest BCUT2D eigenvalue weighted by atomic mass is 10.00. The summed E-state index contributed by atoms with van der Waals surface area (Å²) >= 11 is 5.94. The minimum absolute atomic E-state index is 0.206. The molecule has 0 atom stereocenters. The standard InChI is InChI=1S/C13H18ClN3O2/c1-13(2,16)6-5-11(18)17-10-7-8(12(15)19)3-4-9(10)14/h3-4,7H,5-6,16H2,1-2H3,(H2,15,19)(H,17,18). The molecular weight excluding hydrogens is 266 g/mol. The van der Waals surface area contributed by atoms with Crippen molar-refractivity contribution in [2.45, 2.75) is 32.2 Å². The summed E-state index contributed by atoms with van der Waals surface area (Å²) in [5.74, 6) is -0.780. The van der Waals surface area contributed by atoms with Crippen molar-refractivity contribution in [3.63, 3.8) is 0 Å². The fraction of sp³-hybridized carbons (Fsp3) is 0.385. The summed E-state index contributed by atoms with van der Waals surface area (Å²) < 4.78 is 0. The number of halogens is 1. The Morgan fingerprint density at radius 1 is 1.37 bits per heavy atom. The molecule has 104 valence electrons. The van der Waals surface area contributed by atoms with Crippen LogP contribution in [-0.4, -0.2) is 17.4 Å². The van der Waals surface area contributed by atoms with Crippen LogP contribution in [0, 0.1) is 0 Å². The molecule has 6 heteroatoms.